The van der Waals surface area contributed by atoms with Gasteiger partial charge in [0.25, 0.3) is 0 Å². The van der Waals surface area contributed by atoms with Gasteiger partial charge >= 0.3 is 0 Å². The third-order valence-electron chi connectivity index (χ3n) is 3.66. The number of hydrogen-bond donors (Lipinski definition) is 0. The maximum atomic E-state index is 6.14. The fourth-order valence-electron chi connectivity index (χ4n) is 2.51. The minimum Gasteiger partial charge on any atom is -0.374 e. The summed E-state index contributed by atoms with van der Waals surface area (Å²) in [6.07, 6.45) is 13.5. The average molecular weight is 338 g/mol. The van der Waals surface area contributed by atoms with Gasteiger partial charge in [0, 0.05) is 11.0 Å². The van der Waals surface area contributed by atoms with Crippen molar-refractivity contribution in [1.82, 2.24) is 0 Å². The molecule has 0 amide bonds. The van der Waals surface area contributed by atoms with Crippen molar-refractivity contribution in [2.24, 2.45) is 0 Å². The highest BCUT2D eigenvalue weighted by Crippen LogP contribution is 2.35. The molecular formula is C14H27IO. The summed E-state index contributed by atoms with van der Waals surface area (Å²) in [6, 6.07) is 0. The Kier molecular flexibility index (Phi) is 8.05. The summed E-state index contributed by atoms with van der Waals surface area (Å²) in [7, 11) is 0. The number of hydrogen-bond acceptors (Lipinski definition) is 1. The summed E-state index contributed by atoms with van der Waals surface area (Å²) in [6.45, 7) is 3.27. The largest absolute Gasteiger partial charge is 0.374 e. The van der Waals surface area contributed by atoms with Crippen molar-refractivity contribution >= 4 is 22.6 Å². The molecule has 1 fully saturated rings. The van der Waals surface area contributed by atoms with E-state index in [2.05, 4.69) is 29.5 Å². The first-order chi connectivity index (χ1) is 7.83. The van der Waals surface area contributed by atoms with E-state index in [-0.39, 0.29) is 5.60 Å². The molecule has 0 aromatic rings. The van der Waals surface area contributed by atoms with E-state index in [0.29, 0.717) is 0 Å². The Morgan fingerprint density at radius 3 is 2.25 bits per heavy atom. The smallest absolute Gasteiger partial charge is 0.0771 e. The fourth-order valence-corrected chi connectivity index (χ4v) is 3.49. The summed E-state index contributed by atoms with van der Waals surface area (Å²) in [5, 5.41) is 0. The van der Waals surface area contributed by atoms with Crippen LogP contribution in [0, 0.1) is 0 Å². The highest BCUT2D eigenvalue weighted by atomic mass is 127. The minimum atomic E-state index is 0.268. The number of unbranched alkanes of at least 4 members (excludes halogenated alkanes) is 5. The summed E-state index contributed by atoms with van der Waals surface area (Å²) in [5.74, 6) is 0. The summed E-state index contributed by atoms with van der Waals surface area (Å²) >= 11 is 2.50. The molecule has 2 heteroatoms. The molecule has 0 atom stereocenters. The van der Waals surface area contributed by atoms with Gasteiger partial charge in [-0.15, -0.1) is 0 Å². The summed E-state index contributed by atoms with van der Waals surface area (Å²) < 4.78 is 7.32. The van der Waals surface area contributed by atoms with E-state index in [1.54, 1.807) is 0 Å². The Morgan fingerprint density at radius 1 is 1.00 bits per heavy atom. The van der Waals surface area contributed by atoms with Crippen LogP contribution in [0.25, 0.3) is 0 Å². The van der Waals surface area contributed by atoms with Crippen LogP contribution in [-0.4, -0.2) is 16.6 Å². The van der Waals surface area contributed by atoms with E-state index in [4.69, 9.17) is 4.74 Å². The molecule has 0 saturated heterocycles. The van der Waals surface area contributed by atoms with Gasteiger partial charge in [0.15, 0.2) is 0 Å². The van der Waals surface area contributed by atoms with E-state index in [1.807, 2.05) is 0 Å². The summed E-state index contributed by atoms with van der Waals surface area (Å²) in [5.41, 5.74) is 0.268. The Labute approximate surface area is 115 Å². The van der Waals surface area contributed by atoms with Crippen molar-refractivity contribution in [2.75, 3.05) is 11.0 Å². The van der Waals surface area contributed by atoms with Crippen LogP contribution in [0.5, 0.6) is 0 Å². The number of halogens is 1. The molecule has 0 bridgehead atoms. The van der Waals surface area contributed by atoms with Crippen LogP contribution in [0.1, 0.15) is 71.1 Å². The maximum absolute atomic E-state index is 6.14. The van der Waals surface area contributed by atoms with Gasteiger partial charge in [0.1, 0.15) is 0 Å². The molecular weight excluding hydrogens is 311 g/mol. The van der Waals surface area contributed by atoms with Gasteiger partial charge in [0.2, 0.25) is 0 Å². The van der Waals surface area contributed by atoms with Gasteiger partial charge in [-0.05, 0) is 19.3 Å². The topological polar surface area (TPSA) is 9.23 Å². The molecule has 16 heavy (non-hydrogen) atoms. The molecule has 0 aromatic carbocycles. The van der Waals surface area contributed by atoms with Crippen LogP contribution >= 0.6 is 22.6 Å². The van der Waals surface area contributed by atoms with E-state index < -0.39 is 0 Å². The first kappa shape index (κ1) is 14.7. The zero-order chi connectivity index (χ0) is 11.7. The van der Waals surface area contributed by atoms with Crippen LogP contribution in [-0.2, 0) is 4.74 Å². The van der Waals surface area contributed by atoms with Crippen molar-refractivity contribution in [1.29, 1.82) is 0 Å². The lowest BCUT2D eigenvalue weighted by molar-refractivity contribution is -0.0218. The highest BCUT2D eigenvalue weighted by molar-refractivity contribution is 14.1. The Morgan fingerprint density at radius 2 is 1.62 bits per heavy atom. The van der Waals surface area contributed by atoms with Crippen LogP contribution in [0.3, 0.4) is 0 Å². The van der Waals surface area contributed by atoms with Crippen molar-refractivity contribution < 1.29 is 4.74 Å². The maximum Gasteiger partial charge on any atom is 0.0771 e. The molecule has 0 heterocycles. The fraction of sp³-hybridized carbons (Fsp3) is 1.00. The standard InChI is InChI=1S/C14H27IO/c1-2-3-4-5-6-9-12-16-14(13-15)10-7-8-11-14/h2-13H2,1H3. The molecule has 1 saturated carbocycles. The second kappa shape index (κ2) is 8.73. The predicted molar refractivity (Wildman–Crippen MR) is 79.4 cm³/mol. The van der Waals surface area contributed by atoms with Crippen LogP contribution in [0.2, 0.25) is 0 Å². The van der Waals surface area contributed by atoms with Gasteiger partial charge in [-0.3, -0.25) is 0 Å². The molecule has 1 rings (SSSR count). The van der Waals surface area contributed by atoms with Gasteiger partial charge < -0.3 is 4.74 Å². The van der Waals surface area contributed by atoms with Gasteiger partial charge in [-0.1, -0.05) is 74.5 Å². The molecule has 0 unspecified atom stereocenters. The lowest BCUT2D eigenvalue weighted by atomic mass is 10.1. The van der Waals surface area contributed by atoms with Crippen molar-refractivity contribution in [3.63, 3.8) is 0 Å². The molecule has 1 aliphatic rings. The van der Waals surface area contributed by atoms with Crippen LogP contribution in [0.15, 0.2) is 0 Å². The summed E-state index contributed by atoms with van der Waals surface area (Å²) in [4.78, 5) is 0. The Balaban J connectivity index is 1.97. The lowest BCUT2D eigenvalue weighted by Crippen LogP contribution is -2.31. The van der Waals surface area contributed by atoms with E-state index in [0.717, 1.165) is 6.61 Å². The Hall–Kier alpha value is 0.690. The molecule has 0 spiro atoms. The van der Waals surface area contributed by atoms with E-state index in [1.165, 1.54) is 68.6 Å². The number of rotatable bonds is 9. The normalized spacial score (nSPS) is 19.1. The lowest BCUT2D eigenvalue weighted by Gasteiger charge is -2.27. The number of alkyl halides is 1. The third-order valence-corrected chi connectivity index (χ3v) is 5.05. The van der Waals surface area contributed by atoms with E-state index in [9.17, 15) is 0 Å². The van der Waals surface area contributed by atoms with E-state index >= 15 is 0 Å². The minimum absolute atomic E-state index is 0.268. The second-order valence-corrected chi connectivity index (χ2v) is 5.90. The van der Waals surface area contributed by atoms with Crippen molar-refractivity contribution in [2.45, 2.75) is 76.7 Å². The molecule has 0 aliphatic heterocycles. The molecule has 0 radical (unpaired) electrons. The van der Waals surface area contributed by atoms with Gasteiger partial charge in [-0.2, -0.15) is 0 Å². The van der Waals surface area contributed by atoms with Gasteiger partial charge in [0.05, 0.1) is 5.60 Å². The second-order valence-electron chi connectivity index (χ2n) is 5.14. The van der Waals surface area contributed by atoms with Crippen LogP contribution < -0.4 is 0 Å². The average Bonchev–Trinajstić information content (AvgIpc) is 2.77. The molecule has 1 nitrogen and oxygen atoms in total. The first-order valence-electron chi connectivity index (χ1n) is 7.03. The molecule has 0 aromatic heterocycles. The first-order valence-corrected chi connectivity index (χ1v) is 8.55. The monoisotopic (exact) mass is 338 g/mol. The van der Waals surface area contributed by atoms with Gasteiger partial charge in [-0.25, -0.2) is 0 Å². The molecule has 96 valence electrons. The SMILES string of the molecule is CCCCCCCCOC1(CI)CCCC1. The zero-order valence-corrected chi connectivity index (χ0v) is 12.9. The zero-order valence-electron chi connectivity index (χ0n) is 10.8. The van der Waals surface area contributed by atoms with Crippen molar-refractivity contribution in [3.05, 3.63) is 0 Å². The Bertz CT molecular complexity index is 164. The predicted octanol–water partition coefficient (Wildman–Crippen LogP) is 5.11. The van der Waals surface area contributed by atoms with Crippen LogP contribution in [0.4, 0.5) is 0 Å². The highest BCUT2D eigenvalue weighted by Gasteiger charge is 2.33. The quantitative estimate of drug-likeness (QED) is 0.322. The number of ether oxygens (including phenoxy) is 1. The molecule has 0 N–H and O–H groups in total. The third kappa shape index (κ3) is 5.35. The molecule has 1 aliphatic carbocycles. The van der Waals surface area contributed by atoms with Crippen molar-refractivity contribution in [3.8, 4) is 0 Å².